The quantitative estimate of drug-likeness (QED) is 0.592. The Labute approximate surface area is 163 Å². The molecule has 1 aliphatic rings. The summed E-state index contributed by atoms with van der Waals surface area (Å²) in [7, 11) is 0. The third kappa shape index (κ3) is 3.03. The molecular weight excluding hydrogens is 352 g/mol. The van der Waals surface area contributed by atoms with Crippen LogP contribution in [0, 0.1) is 6.92 Å². The first-order valence-electron chi connectivity index (χ1n) is 9.55. The maximum atomic E-state index is 5.48. The minimum atomic E-state index is 0.654. The van der Waals surface area contributed by atoms with E-state index in [9.17, 15) is 0 Å². The summed E-state index contributed by atoms with van der Waals surface area (Å²) in [6.45, 7) is 5.86. The zero-order valence-electron chi connectivity index (χ0n) is 15.8. The maximum Gasteiger partial charge on any atom is 0.158 e. The Morgan fingerprint density at radius 3 is 2.86 bits per heavy atom. The molecule has 4 heterocycles. The molecule has 28 heavy (non-hydrogen) atoms. The van der Waals surface area contributed by atoms with Gasteiger partial charge in [0.2, 0.25) is 0 Å². The smallest absolute Gasteiger partial charge is 0.158 e. The van der Waals surface area contributed by atoms with Crippen molar-refractivity contribution in [3.63, 3.8) is 0 Å². The summed E-state index contributed by atoms with van der Waals surface area (Å²) < 4.78 is 7.38. The van der Waals surface area contributed by atoms with Gasteiger partial charge in [0.1, 0.15) is 11.6 Å². The highest BCUT2D eigenvalue weighted by atomic mass is 16.5. The molecule has 5 rings (SSSR count). The highest BCUT2D eigenvalue weighted by molar-refractivity contribution is 5.91. The van der Waals surface area contributed by atoms with Crippen molar-refractivity contribution in [3.8, 4) is 0 Å². The number of nitrogens with zero attached hydrogens (tertiary/aromatic N) is 5. The Balaban J connectivity index is 1.49. The Kier molecular flexibility index (Phi) is 4.29. The van der Waals surface area contributed by atoms with Gasteiger partial charge < -0.3 is 15.0 Å². The number of nitrogens with one attached hydrogen (secondary N) is 1. The number of ether oxygens (including phenoxy) is 1. The molecule has 3 aromatic heterocycles. The van der Waals surface area contributed by atoms with Gasteiger partial charge in [-0.2, -0.15) is 5.10 Å². The molecule has 7 heteroatoms. The van der Waals surface area contributed by atoms with E-state index >= 15 is 0 Å². The second-order valence-corrected chi connectivity index (χ2v) is 6.97. The zero-order valence-corrected chi connectivity index (χ0v) is 15.8. The Hall–Kier alpha value is -3.19. The normalized spacial score (nSPS) is 14.7. The maximum absolute atomic E-state index is 5.48. The molecule has 0 atom stereocenters. The molecule has 0 bridgehead atoms. The second-order valence-electron chi connectivity index (χ2n) is 6.97. The van der Waals surface area contributed by atoms with Crippen LogP contribution in [0.3, 0.4) is 0 Å². The lowest BCUT2D eigenvalue weighted by Gasteiger charge is -2.29. The summed E-state index contributed by atoms with van der Waals surface area (Å²) in [6.07, 6.45) is 1.85. The lowest BCUT2D eigenvalue weighted by molar-refractivity contribution is 0.122. The van der Waals surface area contributed by atoms with Gasteiger partial charge in [-0.25, -0.2) is 14.5 Å². The van der Waals surface area contributed by atoms with Crippen LogP contribution in [-0.4, -0.2) is 45.9 Å². The number of morpholine rings is 1. The van der Waals surface area contributed by atoms with E-state index in [0.29, 0.717) is 6.54 Å². The first kappa shape index (κ1) is 16.9. The number of benzene rings is 1. The average Bonchev–Trinajstić information content (AvgIpc) is 3.13. The number of pyridine rings is 1. The number of para-hydroxylation sites is 1. The van der Waals surface area contributed by atoms with Gasteiger partial charge in [0.05, 0.1) is 24.4 Å². The number of anilines is 2. The molecule has 142 valence electrons. The predicted octanol–water partition coefficient (Wildman–Crippen LogP) is 3.03. The largest absolute Gasteiger partial charge is 0.378 e. The van der Waals surface area contributed by atoms with Gasteiger partial charge in [0.15, 0.2) is 5.65 Å². The molecule has 1 aliphatic heterocycles. The van der Waals surface area contributed by atoms with E-state index in [-0.39, 0.29) is 0 Å². The zero-order chi connectivity index (χ0) is 18.9. The van der Waals surface area contributed by atoms with Gasteiger partial charge in [0.25, 0.3) is 0 Å². The molecule has 0 radical (unpaired) electrons. The van der Waals surface area contributed by atoms with Gasteiger partial charge in [0, 0.05) is 42.8 Å². The third-order valence-electron chi connectivity index (χ3n) is 5.05. The van der Waals surface area contributed by atoms with Crippen LogP contribution in [0.5, 0.6) is 0 Å². The summed E-state index contributed by atoms with van der Waals surface area (Å²) in [5.74, 6) is 1.88. The fourth-order valence-electron chi connectivity index (χ4n) is 3.72. The number of fused-ring (bicyclic) bond motifs is 3. The fraction of sp³-hybridized carbons (Fsp3) is 0.286. The number of aryl methyl sites for hydroxylation is 1. The van der Waals surface area contributed by atoms with E-state index in [1.54, 1.807) is 0 Å². The Morgan fingerprint density at radius 1 is 1.11 bits per heavy atom. The van der Waals surface area contributed by atoms with E-state index in [2.05, 4.69) is 38.5 Å². The van der Waals surface area contributed by atoms with Crippen molar-refractivity contribution in [1.82, 2.24) is 19.6 Å². The van der Waals surface area contributed by atoms with Crippen molar-refractivity contribution in [3.05, 3.63) is 59.9 Å². The molecule has 4 aromatic rings. The van der Waals surface area contributed by atoms with E-state index < -0.39 is 0 Å². The van der Waals surface area contributed by atoms with Gasteiger partial charge >= 0.3 is 0 Å². The minimum Gasteiger partial charge on any atom is -0.378 e. The number of aromatic nitrogens is 4. The summed E-state index contributed by atoms with van der Waals surface area (Å²) in [5.41, 5.74) is 4.00. The number of rotatable bonds is 4. The molecular formula is C21H22N6O. The monoisotopic (exact) mass is 374 g/mol. The lowest BCUT2D eigenvalue weighted by atomic mass is 10.2. The highest BCUT2D eigenvalue weighted by Gasteiger charge is 2.16. The van der Waals surface area contributed by atoms with E-state index in [0.717, 1.165) is 65.7 Å². The van der Waals surface area contributed by atoms with Crippen LogP contribution in [0.25, 0.3) is 16.6 Å². The Bertz CT molecular complexity index is 1130. The fourth-order valence-corrected chi connectivity index (χ4v) is 3.72. The van der Waals surface area contributed by atoms with Gasteiger partial charge in [-0.05, 0) is 25.1 Å². The van der Waals surface area contributed by atoms with Crippen molar-refractivity contribution < 1.29 is 4.74 Å². The molecule has 1 fully saturated rings. The Morgan fingerprint density at radius 2 is 1.96 bits per heavy atom. The van der Waals surface area contributed by atoms with Gasteiger partial charge in [-0.1, -0.05) is 18.2 Å². The van der Waals surface area contributed by atoms with Crippen LogP contribution in [-0.2, 0) is 11.3 Å². The van der Waals surface area contributed by atoms with Crippen LogP contribution in [0.15, 0.2) is 48.7 Å². The molecule has 0 aliphatic carbocycles. The molecule has 7 nitrogen and oxygen atoms in total. The van der Waals surface area contributed by atoms with Crippen molar-refractivity contribution in [1.29, 1.82) is 0 Å². The van der Waals surface area contributed by atoms with Crippen LogP contribution in [0.2, 0.25) is 0 Å². The standard InChI is InChI=1S/C21H22N6O/c1-15-13-19-24-20(17-6-2-3-7-18(17)27(19)25-15)23-14-16-5-4-8-22-21(16)26-9-11-28-12-10-26/h2-8,13H,9-12,14H2,1H3,(H,23,24). The van der Waals surface area contributed by atoms with Crippen molar-refractivity contribution >= 4 is 28.2 Å². The van der Waals surface area contributed by atoms with Crippen LogP contribution >= 0.6 is 0 Å². The van der Waals surface area contributed by atoms with Crippen molar-refractivity contribution in [2.45, 2.75) is 13.5 Å². The van der Waals surface area contributed by atoms with Gasteiger partial charge in [-0.15, -0.1) is 0 Å². The first-order valence-corrected chi connectivity index (χ1v) is 9.55. The second kappa shape index (κ2) is 7.09. The summed E-state index contributed by atoms with van der Waals surface area (Å²) in [6, 6.07) is 14.3. The summed E-state index contributed by atoms with van der Waals surface area (Å²) in [5, 5.41) is 9.16. The molecule has 0 saturated carbocycles. The predicted molar refractivity (Wildman–Crippen MR) is 110 cm³/mol. The van der Waals surface area contributed by atoms with Gasteiger partial charge in [-0.3, -0.25) is 0 Å². The average molecular weight is 374 g/mol. The third-order valence-corrected chi connectivity index (χ3v) is 5.05. The SMILES string of the molecule is Cc1cc2nc(NCc3cccnc3N3CCOCC3)c3ccccc3n2n1. The van der Waals surface area contributed by atoms with E-state index in [4.69, 9.17) is 9.72 Å². The number of hydrogen-bond acceptors (Lipinski definition) is 6. The topological polar surface area (TPSA) is 67.6 Å². The molecule has 0 spiro atoms. The van der Waals surface area contributed by atoms with Crippen molar-refractivity contribution in [2.24, 2.45) is 0 Å². The molecule has 1 saturated heterocycles. The molecule has 1 N–H and O–H groups in total. The lowest BCUT2D eigenvalue weighted by Crippen LogP contribution is -2.37. The molecule has 0 unspecified atom stereocenters. The minimum absolute atomic E-state index is 0.654. The first-order chi connectivity index (χ1) is 13.8. The molecule has 1 aromatic carbocycles. The van der Waals surface area contributed by atoms with Crippen LogP contribution in [0.1, 0.15) is 11.3 Å². The highest BCUT2D eigenvalue weighted by Crippen LogP contribution is 2.25. The number of hydrogen-bond donors (Lipinski definition) is 1. The van der Waals surface area contributed by atoms with Crippen LogP contribution in [0.4, 0.5) is 11.6 Å². The van der Waals surface area contributed by atoms with E-state index in [1.807, 2.05) is 41.9 Å². The van der Waals surface area contributed by atoms with E-state index in [1.165, 1.54) is 0 Å². The summed E-state index contributed by atoms with van der Waals surface area (Å²) in [4.78, 5) is 11.7. The summed E-state index contributed by atoms with van der Waals surface area (Å²) >= 11 is 0. The van der Waals surface area contributed by atoms with Crippen molar-refractivity contribution in [2.75, 3.05) is 36.5 Å². The molecule has 0 amide bonds. The van der Waals surface area contributed by atoms with Crippen LogP contribution < -0.4 is 10.2 Å².